The van der Waals surface area contributed by atoms with E-state index in [-0.39, 0.29) is 24.4 Å². The van der Waals surface area contributed by atoms with Gasteiger partial charge in [-0.2, -0.15) is 0 Å². The lowest BCUT2D eigenvalue weighted by Gasteiger charge is -2.31. The second-order valence-corrected chi connectivity index (χ2v) is 5.64. The van der Waals surface area contributed by atoms with Crippen molar-refractivity contribution in [3.8, 4) is 0 Å². The number of benzene rings is 1. The number of piperidine rings is 1. The number of carbonyl (C=O) groups excluding carboxylic acids is 2. The van der Waals surface area contributed by atoms with Gasteiger partial charge in [-0.3, -0.25) is 14.5 Å². The summed E-state index contributed by atoms with van der Waals surface area (Å²) in [5.74, 6) is -0.171. The van der Waals surface area contributed by atoms with Gasteiger partial charge in [0.25, 0.3) is 5.91 Å². The Kier molecular flexibility index (Phi) is 4.11. The highest BCUT2D eigenvalue weighted by atomic mass is 16.3. The van der Waals surface area contributed by atoms with Gasteiger partial charge in [0.15, 0.2) is 5.76 Å². The van der Waals surface area contributed by atoms with Crippen LogP contribution in [0.4, 0.5) is 0 Å². The van der Waals surface area contributed by atoms with Crippen LogP contribution in [0.25, 0.3) is 11.0 Å². The van der Waals surface area contributed by atoms with E-state index in [4.69, 9.17) is 10.2 Å². The molecule has 1 fully saturated rings. The molecule has 0 radical (unpaired) electrons. The van der Waals surface area contributed by atoms with Crippen LogP contribution in [0.1, 0.15) is 23.4 Å². The van der Waals surface area contributed by atoms with Crippen molar-refractivity contribution in [2.45, 2.75) is 18.9 Å². The molecule has 0 atom stereocenters. The molecule has 0 bridgehead atoms. The van der Waals surface area contributed by atoms with Crippen molar-refractivity contribution in [1.29, 1.82) is 0 Å². The van der Waals surface area contributed by atoms with Gasteiger partial charge in [0.2, 0.25) is 5.91 Å². The Morgan fingerprint density at radius 3 is 2.68 bits per heavy atom. The number of fused-ring (bicyclic) bond motifs is 1. The topological polar surface area (TPSA) is 88.6 Å². The normalized spacial score (nSPS) is 16.7. The van der Waals surface area contributed by atoms with Crippen LogP contribution in [-0.4, -0.2) is 42.4 Å². The molecule has 0 saturated carbocycles. The number of hydrogen-bond acceptors (Lipinski definition) is 4. The molecule has 6 heteroatoms. The smallest absolute Gasteiger partial charge is 0.287 e. The van der Waals surface area contributed by atoms with Crippen molar-refractivity contribution < 1.29 is 14.0 Å². The zero-order valence-electron chi connectivity index (χ0n) is 12.2. The molecule has 1 aliphatic rings. The molecule has 1 aromatic carbocycles. The number of likely N-dealkylation sites (tertiary alicyclic amines) is 1. The van der Waals surface area contributed by atoms with E-state index in [1.807, 2.05) is 29.2 Å². The highest BCUT2D eigenvalue weighted by molar-refractivity contribution is 5.96. The van der Waals surface area contributed by atoms with Crippen molar-refractivity contribution in [3.05, 3.63) is 36.1 Å². The van der Waals surface area contributed by atoms with Crippen molar-refractivity contribution in [2.75, 3.05) is 19.6 Å². The van der Waals surface area contributed by atoms with Gasteiger partial charge in [-0.05, 0) is 25.0 Å². The maximum atomic E-state index is 12.2. The highest BCUT2D eigenvalue weighted by Gasteiger charge is 2.23. The Balaban J connectivity index is 1.57. The lowest BCUT2D eigenvalue weighted by molar-refractivity contribution is -0.119. The van der Waals surface area contributed by atoms with Gasteiger partial charge < -0.3 is 15.5 Å². The van der Waals surface area contributed by atoms with E-state index < -0.39 is 0 Å². The van der Waals surface area contributed by atoms with Crippen LogP contribution in [0.2, 0.25) is 0 Å². The second kappa shape index (κ2) is 6.19. The minimum atomic E-state index is -0.315. The highest BCUT2D eigenvalue weighted by Crippen LogP contribution is 2.19. The van der Waals surface area contributed by atoms with E-state index in [1.54, 1.807) is 6.07 Å². The quantitative estimate of drug-likeness (QED) is 0.885. The number of nitrogens with one attached hydrogen (secondary N) is 1. The first kappa shape index (κ1) is 14.6. The van der Waals surface area contributed by atoms with E-state index in [1.165, 1.54) is 0 Å². The Labute approximate surface area is 128 Å². The Morgan fingerprint density at radius 1 is 1.27 bits per heavy atom. The van der Waals surface area contributed by atoms with Gasteiger partial charge in [-0.1, -0.05) is 18.2 Å². The van der Waals surface area contributed by atoms with Crippen LogP contribution in [0.15, 0.2) is 34.7 Å². The number of hydrogen-bond donors (Lipinski definition) is 2. The summed E-state index contributed by atoms with van der Waals surface area (Å²) in [5, 5.41) is 3.91. The fourth-order valence-corrected chi connectivity index (χ4v) is 2.81. The summed E-state index contributed by atoms with van der Waals surface area (Å²) in [6, 6.07) is 9.40. The first-order valence-electron chi connectivity index (χ1n) is 7.42. The van der Waals surface area contributed by atoms with Gasteiger partial charge in [0, 0.05) is 24.5 Å². The van der Waals surface area contributed by atoms with Crippen molar-refractivity contribution in [2.24, 2.45) is 5.73 Å². The molecule has 1 aliphatic heterocycles. The molecule has 2 aromatic rings. The van der Waals surface area contributed by atoms with Crippen LogP contribution >= 0.6 is 0 Å². The largest absolute Gasteiger partial charge is 0.451 e. The molecule has 22 heavy (non-hydrogen) atoms. The number of primary amides is 1. The lowest BCUT2D eigenvalue weighted by atomic mass is 10.0. The summed E-state index contributed by atoms with van der Waals surface area (Å²) in [7, 11) is 0. The standard InChI is InChI=1S/C16H19N3O3/c17-15(20)10-19-7-5-12(6-8-19)18-16(21)14-9-11-3-1-2-4-13(11)22-14/h1-4,9,12H,5-8,10H2,(H2,17,20)(H,18,21). The summed E-state index contributed by atoms with van der Waals surface area (Å²) in [5.41, 5.74) is 5.90. The predicted octanol–water partition coefficient (Wildman–Crippen LogP) is 1.11. The molecule has 1 saturated heterocycles. The van der Waals surface area contributed by atoms with E-state index in [0.717, 1.165) is 31.3 Å². The summed E-state index contributed by atoms with van der Waals surface area (Å²) in [4.78, 5) is 25.2. The molecule has 0 spiro atoms. The average Bonchev–Trinajstić information content (AvgIpc) is 2.93. The third-order valence-corrected chi connectivity index (χ3v) is 3.95. The predicted molar refractivity (Wildman–Crippen MR) is 82.3 cm³/mol. The monoisotopic (exact) mass is 301 g/mol. The molecular formula is C16H19N3O3. The summed E-state index contributed by atoms with van der Waals surface area (Å²) < 4.78 is 5.56. The molecule has 116 valence electrons. The Bertz CT molecular complexity index is 654. The average molecular weight is 301 g/mol. The van der Waals surface area contributed by atoms with Gasteiger partial charge >= 0.3 is 0 Å². The molecule has 2 heterocycles. The SMILES string of the molecule is NC(=O)CN1CCC(NC(=O)c2cc3ccccc3o2)CC1. The van der Waals surface area contributed by atoms with E-state index in [9.17, 15) is 9.59 Å². The summed E-state index contributed by atoms with van der Waals surface area (Å²) in [6.07, 6.45) is 1.61. The van der Waals surface area contributed by atoms with E-state index >= 15 is 0 Å². The van der Waals surface area contributed by atoms with Gasteiger partial charge in [0.05, 0.1) is 6.54 Å². The third kappa shape index (κ3) is 3.28. The molecule has 6 nitrogen and oxygen atoms in total. The molecular weight excluding hydrogens is 282 g/mol. The van der Waals surface area contributed by atoms with Gasteiger partial charge in [0.1, 0.15) is 5.58 Å². The molecule has 1 aromatic heterocycles. The number of amides is 2. The zero-order valence-corrected chi connectivity index (χ0v) is 12.2. The van der Waals surface area contributed by atoms with Crippen molar-refractivity contribution in [1.82, 2.24) is 10.2 Å². The Hall–Kier alpha value is -2.34. The number of nitrogens with two attached hydrogens (primary N) is 1. The number of para-hydroxylation sites is 1. The van der Waals surface area contributed by atoms with Crippen LogP contribution in [0.3, 0.4) is 0 Å². The maximum absolute atomic E-state index is 12.2. The van der Waals surface area contributed by atoms with Gasteiger partial charge in [-0.15, -0.1) is 0 Å². The number of furan rings is 1. The minimum absolute atomic E-state index is 0.102. The fourth-order valence-electron chi connectivity index (χ4n) is 2.81. The van der Waals surface area contributed by atoms with Crippen LogP contribution in [0, 0.1) is 0 Å². The number of nitrogens with zero attached hydrogens (tertiary/aromatic N) is 1. The number of carbonyl (C=O) groups is 2. The zero-order chi connectivity index (χ0) is 15.5. The van der Waals surface area contributed by atoms with E-state index in [0.29, 0.717) is 11.3 Å². The first-order chi connectivity index (χ1) is 10.6. The van der Waals surface area contributed by atoms with Gasteiger partial charge in [-0.25, -0.2) is 0 Å². The third-order valence-electron chi connectivity index (χ3n) is 3.95. The fraction of sp³-hybridized carbons (Fsp3) is 0.375. The molecule has 3 N–H and O–H groups in total. The van der Waals surface area contributed by atoms with Crippen LogP contribution < -0.4 is 11.1 Å². The molecule has 2 amide bonds. The van der Waals surface area contributed by atoms with Crippen LogP contribution in [0.5, 0.6) is 0 Å². The maximum Gasteiger partial charge on any atom is 0.287 e. The second-order valence-electron chi connectivity index (χ2n) is 5.64. The summed E-state index contributed by atoms with van der Waals surface area (Å²) >= 11 is 0. The van der Waals surface area contributed by atoms with Crippen molar-refractivity contribution in [3.63, 3.8) is 0 Å². The summed E-state index contributed by atoms with van der Waals surface area (Å²) in [6.45, 7) is 1.80. The van der Waals surface area contributed by atoms with Crippen LogP contribution in [-0.2, 0) is 4.79 Å². The molecule has 3 rings (SSSR count). The Morgan fingerprint density at radius 2 is 2.00 bits per heavy atom. The van der Waals surface area contributed by atoms with Crippen molar-refractivity contribution >= 4 is 22.8 Å². The molecule has 0 unspecified atom stereocenters. The first-order valence-corrected chi connectivity index (χ1v) is 7.42. The minimum Gasteiger partial charge on any atom is -0.451 e. The molecule has 0 aliphatic carbocycles. The lowest BCUT2D eigenvalue weighted by Crippen LogP contribution is -2.46. The van der Waals surface area contributed by atoms with E-state index in [2.05, 4.69) is 5.32 Å². The number of rotatable bonds is 4.